The third-order valence-electron chi connectivity index (χ3n) is 5.69. The SMILES string of the molecule is COc1cccc(Cc2ccc(C3CCN(C(=O)c4oc(C)nc4C)CC3)nc2)c1. The van der Waals surface area contributed by atoms with Gasteiger partial charge >= 0.3 is 0 Å². The highest BCUT2D eigenvalue weighted by Gasteiger charge is 2.28. The maximum Gasteiger partial charge on any atom is 0.291 e. The highest BCUT2D eigenvalue weighted by Crippen LogP contribution is 2.28. The first-order valence-electron chi connectivity index (χ1n) is 10.3. The highest BCUT2D eigenvalue weighted by molar-refractivity contribution is 5.92. The van der Waals surface area contributed by atoms with E-state index in [9.17, 15) is 4.79 Å². The van der Waals surface area contributed by atoms with E-state index < -0.39 is 0 Å². The molecular formula is C24H27N3O3. The molecule has 156 valence electrons. The van der Waals surface area contributed by atoms with E-state index in [1.807, 2.05) is 30.2 Å². The molecule has 0 saturated carbocycles. The van der Waals surface area contributed by atoms with Gasteiger partial charge in [-0.05, 0) is 55.5 Å². The van der Waals surface area contributed by atoms with E-state index in [-0.39, 0.29) is 5.91 Å². The van der Waals surface area contributed by atoms with Crippen molar-refractivity contribution < 1.29 is 13.9 Å². The number of aromatic nitrogens is 2. The largest absolute Gasteiger partial charge is 0.497 e. The van der Waals surface area contributed by atoms with Gasteiger partial charge in [0.1, 0.15) is 5.75 Å². The Hall–Kier alpha value is -3.15. The summed E-state index contributed by atoms with van der Waals surface area (Å²) in [7, 11) is 1.68. The highest BCUT2D eigenvalue weighted by atomic mass is 16.5. The predicted molar refractivity (Wildman–Crippen MR) is 114 cm³/mol. The molecule has 1 saturated heterocycles. The van der Waals surface area contributed by atoms with E-state index in [2.05, 4.69) is 29.2 Å². The normalized spacial score (nSPS) is 14.7. The lowest BCUT2D eigenvalue weighted by Crippen LogP contribution is -2.38. The van der Waals surface area contributed by atoms with E-state index in [1.165, 1.54) is 11.1 Å². The Labute approximate surface area is 176 Å². The third-order valence-corrected chi connectivity index (χ3v) is 5.69. The van der Waals surface area contributed by atoms with Crippen molar-refractivity contribution in [2.45, 2.75) is 39.0 Å². The summed E-state index contributed by atoms with van der Waals surface area (Å²) in [6.45, 7) is 4.99. The molecule has 0 N–H and O–H groups in total. The van der Waals surface area contributed by atoms with Gasteiger partial charge in [0, 0.05) is 37.8 Å². The number of methoxy groups -OCH3 is 1. The number of likely N-dealkylation sites (tertiary alicyclic amines) is 1. The minimum absolute atomic E-state index is 0.0619. The lowest BCUT2D eigenvalue weighted by molar-refractivity contribution is 0.0677. The second-order valence-corrected chi connectivity index (χ2v) is 7.83. The topological polar surface area (TPSA) is 68.5 Å². The van der Waals surface area contributed by atoms with E-state index in [1.54, 1.807) is 14.0 Å². The van der Waals surface area contributed by atoms with Crippen molar-refractivity contribution in [2.24, 2.45) is 0 Å². The number of amides is 1. The molecule has 0 atom stereocenters. The van der Waals surface area contributed by atoms with E-state index in [4.69, 9.17) is 14.1 Å². The standard InChI is InChI=1S/C24H27N3O3/c1-16-23(30-17(2)26-16)24(28)27-11-9-20(10-12-27)22-8-7-19(15-25-22)13-18-5-4-6-21(14-18)29-3/h4-8,14-15,20H,9-13H2,1-3H3. The van der Waals surface area contributed by atoms with Crippen molar-refractivity contribution in [1.29, 1.82) is 0 Å². The predicted octanol–water partition coefficient (Wildman–Crippen LogP) is 4.31. The van der Waals surface area contributed by atoms with Crippen LogP contribution in [0, 0.1) is 13.8 Å². The lowest BCUT2D eigenvalue weighted by Gasteiger charge is -2.31. The minimum atomic E-state index is -0.0619. The Bertz CT molecular complexity index is 1020. The molecule has 3 aromatic rings. The van der Waals surface area contributed by atoms with Crippen LogP contribution in [0.2, 0.25) is 0 Å². The second kappa shape index (κ2) is 8.69. The summed E-state index contributed by atoms with van der Waals surface area (Å²) in [5, 5.41) is 0. The van der Waals surface area contributed by atoms with Crippen molar-refractivity contribution >= 4 is 5.91 Å². The molecule has 1 aromatic carbocycles. The molecular weight excluding hydrogens is 378 g/mol. The second-order valence-electron chi connectivity index (χ2n) is 7.83. The number of hydrogen-bond donors (Lipinski definition) is 0. The number of carbonyl (C=O) groups excluding carboxylic acids is 1. The molecule has 6 heteroatoms. The molecule has 1 fully saturated rings. The summed E-state index contributed by atoms with van der Waals surface area (Å²) < 4.78 is 10.8. The Kier molecular flexibility index (Phi) is 5.84. The molecule has 2 aromatic heterocycles. The molecule has 30 heavy (non-hydrogen) atoms. The van der Waals surface area contributed by atoms with Crippen LogP contribution in [0.5, 0.6) is 5.75 Å². The number of aryl methyl sites for hydroxylation is 2. The first-order chi connectivity index (χ1) is 14.5. The molecule has 4 rings (SSSR count). The maximum atomic E-state index is 12.7. The van der Waals surface area contributed by atoms with Crippen LogP contribution in [0.4, 0.5) is 0 Å². The Morgan fingerprint density at radius 3 is 2.60 bits per heavy atom. The number of nitrogens with zero attached hydrogens (tertiary/aromatic N) is 3. The van der Waals surface area contributed by atoms with Crippen LogP contribution in [0.25, 0.3) is 0 Å². The number of hydrogen-bond acceptors (Lipinski definition) is 5. The molecule has 0 aliphatic carbocycles. The minimum Gasteiger partial charge on any atom is -0.497 e. The first kappa shape index (κ1) is 20.1. The number of oxazole rings is 1. The van der Waals surface area contributed by atoms with Gasteiger partial charge in [0.2, 0.25) is 5.76 Å². The smallest absolute Gasteiger partial charge is 0.291 e. The summed E-state index contributed by atoms with van der Waals surface area (Å²) >= 11 is 0. The average molecular weight is 405 g/mol. The van der Waals surface area contributed by atoms with E-state index in [0.717, 1.165) is 30.7 Å². The van der Waals surface area contributed by atoms with Crippen molar-refractivity contribution in [2.75, 3.05) is 20.2 Å². The fourth-order valence-corrected chi connectivity index (χ4v) is 4.05. The van der Waals surface area contributed by atoms with Gasteiger partial charge in [-0.2, -0.15) is 0 Å². The Morgan fingerprint density at radius 2 is 1.97 bits per heavy atom. The molecule has 1 aliphatic rings. The number of ether oxygens (including phenoxy) is 1. The Balaban J connectivity index is 1.35. The Morgan fingerprint density at radius 1 is 1.17 bits per heavy atom. The zero-order valence-corrected chi connectivity index (χ0v) is 17.7. The van der Waals surface area contributed by atoms with Gasteiger partial charge in [0.15, 0.2) is 5.89 Å². The van der Waals surface area contributed by atoms with Gasteiger partial charge in [-0.3, -0.25) is 9.78 Å². The molecule has 0 unspecified atom stereocenters. The van der Waals surface area contributed by atoms with Crippen molar-refractivity contribution in [3.05, 3.63) is 76.8 Å². The van der Waals surface area contributed by atoms with Crippen LogP contribution in [-0.2, 0) is 6.42 Å². The summed E-state index contributed by atoms with van der Waals surface area (Å²) in [4.78, 5) is 23.5. The molecule has 0 spiro atoms. The van der Waals surface area contributed by atoms with Gasteiger partial charge in [0.25, 0.3) is 5.91 Å². The van der Waals surface area contributed by atoms with Crippen molar-refractivity contribution in [1.82, 2.24) is 14.9 Å². The van der Waals surface area contributed by atoms with E-state index >= 15 is 0 Å². The van der Waals surface area contributed by atoms with Crippen LogP contribution in [-0.4, -0.2) is 41.0 Å². The van der Waals surface area contributed by atoms with Crippen LogP contribution >= 0.6 is 0 Å². The van der Waals surface area contributed by atoms with Crippen molar-refractivity contribution in [3.8, 4) is 5.75 Å². The van der Waals surface area contributed by atoms with Gasteiger partial charge in [0.05, 0.1) is 12.8 Å². The molecule has 1 aliphatic heterocycles. The van der Waals surface area contributed by atoms with Gasteiger partial charge in [-0.25, -0.2) is 4.98 Å². The number of pyridine rings is 1. The summed E-state index contributed by atoms with van der Waals surface area (Å²) in [5.74, 6) is 2.08. The van der Waals surface area contributed by atoms with Crippen molar-refractivity contribution in [3.63, 3.8) is 0 Å². The molecule has 6 nitrogen and oxygen atoms in total. The summed E-state index contributed by atoms with van der Waals surface area (Å²) in [6.07, 6.45) is 4.60. The summed E-state index contributed by atoms with van der Waals surface area (Å²) in [5.41, 5.74) is 4.14. The monoisotopic (exact) mass is 405 g/mol. The number of benzene rings is 1. The quantitative estimate of drug-likeness (QED) is 0.633. The zero-order chi connectivity index (χ0) is 21.1. The van der Waals surface area contributed by atoms with Crippen LogP contribution in [0.15, 0.2) is 47.0 Å². The van der Waals surface area contributed by atoms with Crippen LogP contribution in [0.3, 0.4) is 0 Å². The number of rotatable bonds is 5. The molecule has 1 amide bonds. The molecule has 0 bridgehead atoms. The third kappa shape index (κ3) is 4.37. The number of carbonyl (C=O) groups is 1. The fourth-order valence-electron chi connectivity index (χ4n) is 4.05. The van der Waals surface area contributed by atoms with Crippen LogP contribution in [0.1, 0.15) is 57.7 Å². The fraction of sp³-hybridized carbons (Fsp3) is 0.375. The van der Waals surface area contributed by atoms with Gasteiger partial charge in [-0.1, -0.05) is 18.2 Å². The van der Waals surface area contributed by atoms with Crippen LogP contribution < -0.4 is 4.74 Å². The van der Waals surface area contributed by atoms with Gasteiger partial charge in [-0.15, -0.1) is 0 Å². The summed E-state index contributed by atoms with van der Waals surface area (Å²) in [6, 6.07) is 12.4. The zero-order valence-electron chi connectivity index (χ0n) is 17.7. The van der Waals surface area contributed by atoms with Gasteiger partial charge < -0.3 is 14.1 Å². The average Bonchev–Trinajstić information content (AvgIpc) is 3.12. The molecule has 3 heterocycles. The van der Waals surface area contributed by atoms with E-state index in [0.29, 0.717) is 36.4 Å². The first-order valence-corrected chi connectivity index (χ1v) is 10.3. The maximum absolute atomic E-state index is 12.7. The number of piperidine rings is 1. The lowest BCUT2D eigenvalue weighted by atomic mass is 9.92. The molecule has 0 radical (unpaired) electrons.